The second-order valence-corrected chi connectivity index (χ2v) is 5.44. The molecule has 0 radical (unpaired) electrons. The topological polar surface area (TPSA) is 58.4 Å². The molecule has 0 bridgehead atoms. The molecule has 1 amide bonds. The van der Waals surface area contributed by atoms with Crippen LogP contribution in [0, 0.1) is 11.8 Å². The van der Waals surface area contributed by atoms with Crippen molar-refractivity contribution >= 4 is 17.2 Å². The Morgan fingerprint density at radius 2 is 2.20 bits per heavy atom. The van der Waals surface area contributed by atoms with Crippen molar-refractivity contribution in [3.8, 4) is 11.8 Å². The first-order valence-electron chi connectivity index (χ1n) is 7.00. The number of rotatable bonds is 7. The van der Waals surface area contributed by atoms with Crippen molar-refractivity contribution < 1.29 is 4.79 Å². The van der Waals surface area contributed by atoms with Crippen LogP contribution in [0.25, 0.3) is 0 Å². The molecule has 1 rings (SSSR count). The predicted molar refractivity (Wildman–Crippen MR) is 85.0 cm³/mol. The molecule has 1 aromatic heterocycles. The maximum Gasteiger partial charge on any atom is 0.261 e. The Kier molecular flexibility index (Phi) is 7.97. The summed E-state index contributed by atoms with van der Waals surface area (Å²) in [5.74, 6) is 5.70. The fraction of sp³-hybridized carbons (Fsp3) is 0.533. The van der Waals surface area contributed by atoms with Crippen LogP contribution in [0.4, 0.5) is 0 Å². The van der Waals surface area contributed by atoms with Crippen molar-refractivity contribution in [2.45, 2.75) is 20.3 Å². The minimum atomic E-state index is -0.0247. The number of carbonyl (C=O) groups excluding carboxylic acids is 1. The lowest BCUT2D eigenvalue weighted by Gasteiger charge is -2.19. The van der Waals surface area contributed by atoms with Gasteiger partial charge in [0.05, 0.1) is 16.3 Å². The van der Waals surface area contributed by atoms with Gasteiger partial charge in [-0.1, -0.05) is 25.7 Å². The Balaban J connectivity index is 2.41. The van der Waals surface area contributed by atoms with Crippen molar-refractivity contribution in [3.05, 3.63) is 21.9 Å². The Morgan fingerprint density at radius 1 is 1.40 bits per heavy atom. The normalized spacial score (nSPS) is 10.2. The molecule has 0 saturated carbocycles. The molecule has 1 heterocycles. The summed E-state index contributed by atoms with van der Waals surface area (Å²) in [5, 5.41) is 2.95. The SMILES string of the molecule is CCCN(CC)CCNC(=O)c1ccc(C#CCN)s1. The van der Waals surface area contributed by atoms with Crippen LogP contribution in [0.5, 0.6) is 0 Å². The minimum absolute atomic E-state index is 0.0247. The minimum Gasteiger partial charge on any atom is -0.350 e. The average Bonchev–Trinajstić information content (AvgIpc) is 2.92. The highest BCUT2D eigenvalue weighted by Gasteiger charge is 2.08. The molecule has 1 aromatic rings. The van der Waals surface area contributed by atoms with Gasteiger partial charge in [0, 0.05) is 13.1 Å². The third-order valence-corrected chi connectivity index (χ3v) is 3.84. The lowest BCUT2D eigenvalue weighted by molar-refractivity contribution is 0.0952. The van der Waals surface area contributed by atoms with Crippen molar-refractivity contribution in [1.29, 1.82) is 0 Å². The van der Waals surface area contributed by atoms with Crippen LogP contribution >= 0.6 is 11.3 Å². The fourth-order valence-corrected chi connectivity index (χ4v) is 2.62. The van der Waals surface area contributed by atoms with Gasteiger partial charge in [-0.3, -0.25) is 4.79 Å². The number of nitrogens with two attached hydrogens (primary N) is 1. The number of likely N-dealkylation sites (N-methyl/N-ethyl adjacent to an activating group) is 1. The Labute approximate surface area is 125 Å². The van der Waals surface area contributed by atoms with E-state index in [1.165, 1.54) is 11.3 Å². The summed E-state index contributed by atoms with van der Waals surface area (Å²) >= 11 is 1.40. The van der Waals surface area contributed by atoms with Gasteiger partial charge in [-0.05, 0) is 31.6 Å². The summed E-state index contributed by atoms with van der Waals surface area (Å²) in [6.07, 6.45) is 1.13. The van der Waals surface area contributed by atoms with E-state index in [0.717, 1.165) is 30.9 Å². The molecule has 0 atom stereocenters. The highest BCUT2D eigenvalue weighted by Crippen LogP contribution is 2.14. The highest BCUT2D eigenvalue weighted by molar-refractivity contribution is 7.14. The summed E-state index contributed by atoms with van der Waals surface area (Å²) < 4.78 is 0. The fourth-order valence-electron chi connectivity index (χ4n) is 1.82. The molecule has 0 aromatic carbocycles. The number of carbonyl (C=O) groups is 1. The van der Waals surface area contributed by atoms with E-state index in [0.29, 0.717) is 18.0 Å². The van der Waals surface area contributed by atoms with Crippen LogP contribution in [-0.4, -0.2) is 43.5 Å². The van der Waals surface area contributed by atoms with Crippen LogP contribution in [0.3, 0.4) is 0 Å². The van der Waals surface area contributed by atoms with Gasteiger partial charge in [-0.25, -0.2) is 0 Å². The number of hydrogen-bond donors (Lipinski definition) is 2. The van der Waals surface area contributed by atoms with Gasteiger partial charge in [0.2, 0.25) is 0 Å². The maximum atomic E-state index is 12.0. The van der Waals surface area contributed by atoms with Crippen LogP contribution in [0.2, 0.25) is 0 Å². The van der Waals surface area contributed by atoms with Crippen LogP contribution in [0.15, 0.2) is 12.1 Å². The van der Waals surface area contributed by atoms with Crippen molar-refractivity contribution in [2.75, 3.05) is 32.7 Å². The standard InChI is InChI=1S/C15H23N3OS/c1-3-11-18(4-2)12-10-17-15(19)14-8-7-13(20-14)6-5-9-16/h7-8H,3-4,9-12,16H2,1-2H3,(H,17,19). The quantitative estimate of drug-likeness (QED) is 0.749. The molecule has 0 aliphatic heterocycles. The number of hydrogen-bond acceptors (Lipinski definition) is 4. The molecular formula is C15H23N3OS. The van der Waals surface area contributed by atoms with E-state index in [9.17, 15) is 4.79 Å². The van der Waals surface area contributed by atoms with E-state index in [1.807, 2.05) is 12.1 Å². The Morgan fingerprint density at radius 3 is 2.85 bits per heavy atom. The number of nitrogens with zero attached hydrogens (tertiary/aromatic N) is 1. The first-order chi connectivity index (χ1) is 9.71. The van der Waals surface area contributed by atoms with Crippen LogP contribution in [0.1, 0.15) is 34.8 Å². The monoisotopic (exact) mass is 293 g/mol. The lowest BCUT2D eigenvalue weighted by Crippen LogP contribution is -2.35. The lowest BCUT2D eigenvalue weighted by atomic mass is 10.3. The zero-order chi connectivity index (χ0) is 14.8. The van der Waals surface area contributed by atoms with Gasteiger partial charge in [0.1, 0.15) is 0 Å². The van der Waals surface area contributed by atoms with Gasteiger partial charge < -0.3 is 16.0 Å². The van der Waals surface area contributed by atoms with Gasteiger partial charge in [-0.2, -0.15) is 0 Å². The molecule has 4 nitrogen and oxygen atoms in total. The van der Waals surface area contributed by atoms with Crippen LogP contribution in [-0.2, 0) is 0 Å². The highest BCUT2D eigenvalue weighted by atomic mass is 32.1. The second-order valence-electron chi connectivity index (χ2n) is 4.36. The summed E-state index contributed by atoms with van der Waals surface area (Å²) in [4.78, 5) is 15.9. The number of thiophene rings is 1. The summed E-state index contributed by atoms with van der Waals surface area (Å²) in [6.45, 7) is 8.29. The smallest absolute Gasteiger partial charge is 0.261 e. The first-order valence-corrected chi connectivity index (χ1v) is 7.82. The largest absolute Gasteiger partial charge is 0.350 e. The number of nitrogens with one attached hydrogen (secondary N) is 1. The zero-order valence-electron chi connectivity index (χ0n) is 12.2. The molecule has 110 valence electrons. The molecule has 5 heteroatoms. The molecule has 0 spiro atoms. The Hall–Kier alpha value is -1.35. The van der Waals surface area contributed by atoms with Crippen molar-refractivity contribution in [1.82, 2.24) is 10.2 Å². The van der Waals surface area contributed by atoms with Gasteiger partial charge >= 0.3 is 0 Å². The molecule has 0 saturated heterocycles. The van der Waals surface area contributed by atoms with Gasteiger partial charge in [0.15, 0.2) is 0 Å². The molecule has 3 N–H and O–H groups in total. The molecular weight excluding hydrogens is 270 g/mol. The molecule has 20 heavy (non-hydrogen) atoms. The van der Waals surface area contributed by atoms with E-state index < -0.39 is 0 Å². The van der Waals surface area contributed by atoms with E-state index in [1.54, 1.807) is 0 Å². The summed E-state index contributed by atoms with van der Waals surface area (Å²) in [7, 11) is 0. The van der Waals surface area contributed by atoms with Crippen molar-refractivity contribution in [3.63, 3.8) is 0 Å². The Bertz CT molecular complexity index is 473. The predicted octanol–water partition coefficient (Wildman–Crippen LogP) is 1.52. The third-order valence-electron chi connectivity index (χ3n) is 2.84. The summed E-state index contributed by atoms with van der Waals surface area (Å²) in [5.41, 5.74) is 5.32. The van der Waals surface area contributed by atoms with Gasteiger partial charge in [-0.15, -0.1) is 11.3 Å². The van der Waals surface area contributed by atoms with Gasteiger partial charge in [0.25, 0.3) is 5.91 Å². The van der Waals surface area contributed by atoms with Crippen molar-refractivity contribution in [2.24, 2.45) is 5.73 Å². The second kappa shape index (κ2) is 9.54. The summed E-state index contributed by atoms with van der Waals surface area (Å²) in [6, 6.07) is 3.67. The van der Waals surface area contributed by atoms with Crippen LogP contribution < -0.4 is 11.1 Å². The number of amides is 1. The molecule has 0 fully saturated rings. The van der Waals surface area contributed by atoms with E-state index in [-0.39, 0.29) is 5.91 Å². The zero-order valence-corrected chi connectivity index (χ0v) is 13.1. The maximum absolute atomic E-state index is 12.0. The van der Waals surface area contributed by atoms with E-state index in [4.69, 9.17) is 5.73 Å². The average molecular weight is 293 g/mol. The first kappa shape index (κ1) is 16.7. The molecule has 0 unspecified atom stereocenters. The molecule has 0 aliphatic rings. The molecule has 0 aliphatic carbocycles. The van der Waals surface area contributed by atoms with E-state index in [2.05, 4.69) is 35.9 Å². The van der Waals surface area contributed by atoms with E-state index >= 15 is 0 Å². The third kappa shape index (κ3) is 5.74.